The summed E-state index contributed by atoms with van der Waals surface area (Å²) in [5.41, 5.74) is 0. The third-order valence-corrected chi connectivity index (χ3v) is 6.21. The van der Waals surface area contributed by atoms with Gasteiger partial charge < -0.3 is 15.0 Å². The number of amides is 1. The summed E-state index contributed by atoms with van der Waals surface area (Å²) in [6.07, 6.45) is -5.08. The molecule has 33 heavy (non-hydrogen) atoms. The molecule has 0 bridgehead atoms. The Morgan fingerprint density at radius 1 is 1.24 bits per heavy atom. The smallest absolute Gasteiger partial charge is 0.475 e. The number of hydrogen-bond donors (Lipinski definition) is 2. The second kappa shape index (κ2) is 10.6. The van der Waals surface area contributed by atoms with Crippen molar-refractivity contribution in [1.82, 2.24) is 29.9 Å². The molecule has 0 aliphatic carbocycles. The van der Waals surface area contributed by atoms with Gasteiger partial charge in [-0.2, -0.15) is 13.2 Å². The largest absolute Gasteiger partial charge is 0.490 e. The number of halogens is 3. The number of thiophene rings is 1. The summed E-state index contributed by atoms with van der Waals surface area (Å²) in [5, 5.41) is 20.7. The molecule has 4 heterocycles. The first-order valence-corrected chi connectivity index (χ1v) is 11.4. The molecule has 9 nitrogen and oxygen atoms in total. The second-order valence-electron chi connectivity index (χ2n) is 8.30. The topological polar surface area (TPSA) is 104 Å². The molecule has 4 rings (SSSR count). The number of carbonyl (C=O) groups excluding carboxylic acids is 1. The molecule has 182 valence electrons. The minimum absolute atomic E-state index is 0.138. The zero-order valence-electron chi connectivity index (χ0n) is 18.4. The predicted octanol–water partition coefficient (Wildman–Crippen LogP) is 2.23. The quantitative estimate of drug-likeness (QED) is 0.665. The Labute approximate surface area is 193 Å². The van der Waals surface area contributed by atoms with Crippen LogP contribution in [0.4, 0.5) is 13.2 Å². The molecule has 1 unspecified atom stereocenters. The van der Waals surface area contributed by atoms with Crippen LogP contribution in [0.2, 0.25) is 0 Å². The van der Waals surface area contributed by atoms with Gasteiger partial charge in [0.15, 0.2) is 5.82 Å². The fourth-order valence-corrected chi connectivity index (χ4v) is 4.55. The minimum Gasteiger partial charge on any atom is -0.475 e. The van der Waals surface area contributed by atoms with E-state index in [0.717, 1.165) is 50.0 Å². The first-order chi connectivity index (χ1) is 15.6. The number of carboxylic acids is 1. The number of alkyl halides is 3. The first-order valence-electron chi connectivity index (χ1n) is 10.6. The number of aromatic nitrogens is 3. The maximum Gasteiger partial charge on any atom is 0.490 e. The molecule has 0 aromatic carbocycles. The number of fused-ring (bicyclic) bond motifs is 3. The standard InChI is InChI=1S/C18H26N6OS.C2HF3O2/c1-13(2)11-22-5-6-23-7-8-24-16(15(23)12-22)20-21-17(24)18(25)19-10-14-4-3-9-26-14;3-2(4,5)1(6)7/h3-4,9,13,15H,5-8,10-12H2,1-2H3,(H,19,25);(H,6,7). The maximum absolute atomic E-state index is 12.6. The number of hydrogen-bond acceptors (Lipinski definition) is 7. The zero-order chi connectivity index (χ0) is 24.2. The molecule has 1 fully saturated rings. The van der Waals surface area contributed by atoms with Crippen molar-refractivity contribution in [3.05, 3.63) is 34.0 Å². The molecule has 2 aliphatic heterocycles. The van der Waals surface area contributed by atoms with Crippen LogP contribution in [0.1, 0.15) is 41.2 Å². The molecule has 1 amide bonds. The Morgan fingerprint density at radius 2 is 1.94 bits per heavy atom. The lowest BCUT2D eigenvalue weighted by Crippen LogP contribution is -2.53. The number of nitrogens with one attached hydrogen (secondary N) is 1. The molecule has 2 N–H and O–H groups in total. The Bertz CT molecular complexity index is 947. The summed E-state index contributed by atoms with van der Waals surface area (Å²) < 4.78 is 33.8. The summed E-state index contributed by atoms with van der Waals surface area (Å²) in [7, 11) is 0. The van der Waals surface area contributed by atoms with E-state index in [2.05, 4.69) is 39.2 Å². The Balaban J connectivity index is 0.000000383. The van der Waals surface area contributed by atoms with Gasteiger partial charge >= 0.3 is 12.1 Å². The molecule has 2 aromatic rings. The van der Waals surface area contributed by atoms with Gasteiger partial charge in [0.1, 0.15) is 0 Å². The van der Waals surface area contributed by atoms with Crippen LogP contribution in [0.15, 0.2) is 17.5 Å². The van der Waals surface area contributed by atoms with Crippen molar-refractivity contribution in [2.24, 2.45) is 5.92 Å². The molecule has 2 aromatic heterocycles. The van der Waals surface area contributed by atoms with Crippen molar-refractivity contribution >= 4 is 23.2 Å². The number of piperazine rings is 1. The van der Waals surface area contributed by atoms with Crippen LogP contribution in [0.5, 0.6) is 0 Å². The number of nitrogens with zero attached hydrogens (tertiary/aromatic N) is 5. The van der Waals surface area contributed by atoms with Gasteiger partial charge in [-0.25, -0.2) is 4.79 Å². The van der Waals surface area contributed by atoms with Crippen molar-refractivity contribution in [2.75, 3.05) is 32.7 Å². The van der Waals surface area contributed by atoms with Crippen LogP contribution in [0.3, 0.4) is 0 Å². The Hall–Kier alpha value is -2.51. The molecule has 0 saturated carbocycles. The SMILES string of the molecule is CC(C)CN1CCN2CCn3c(C(=O)NCc4cccs4)nnc3C2C1.O=C(O)C(F)(F)F. The normalized spacial score (nSPS) is 18.8. The highest BCUT2D eigenvalue weighted by molar-refractivity contribution is 7.09. The minimum atomic E-state index is -5.08. The van der Waals surface area contributed by atoms with E-state index in [-0.39, 0.29) is 11.9 Å². The first kappa shape index (κ1) is 25.1. The highest BCUT2D eigenvalue weighted by Crippen LogP contribution is 2.28. The fraction of sp³-hybridized carbons (Fsp3) is 0.600. The van der Waals surface area contributed by atoms with Crippen LogP contribution < -0.4 is 5.32 Å². The highest BCUT2D eigenvalue weighted by Gasteiger charge is 2.38. The number of rotatable bonds is 5. The van der Waals surface area contributed by atoms with Crippen molar-refractivity contribution in [3.8, 4) is 0 Å². The fourth-order valence-electron chi connectivity index (χ4n) is 3.91. The van der Waals surface area contributed by atoms with Crippen LogP contribution in [-0.4, -0.2) is 80.4 Å². The maximum atomic E-state index is 12.6. The average molecular weight is 489 g/mol. The van der Waals surface area contributed by atoms with Gasteiger partial charge in [0, 0.05) is 44.1 Å². The van der Waals surface area contributed by atoms with Crippen LogP contribution in [0, 0.1) is 5.92 Å². The van der Waals surface area contributed by atoms with E-state index >= 15 is 0 Å². The lowest BCUT2D eigenvalue weighted by molar-refractivity contribution is -0.192. The highest BCUT2D eigenvalue weighted by atomic mass is 32.1. The second-order valence-corrected chi connectivity index (χ2v) is 9.34. The van der Waals surface area contributed by atoms with Crippen LogP contribution in [-0.2, 0) is 17.9 Å². The Morgan fingerprint density at radius 3 is 2.55 bits per heavy atom. The molecule has 13 heteroatoms. The van der Waals surface area contributed by atoms with E-state index in [9.17, 15) is 18.0 Å². The van der Waals surface area contributed by atoms with Gasteiger partial charge in [-0.15, -0.1) is 21.5 Å². The van der Waals surface area contributed by atoms with Crippen molar-refractivity contribution < 1.29 is 27.9 Å². The van der Waals surface area contributed by atoms with E-state index in [0.29, 0.717) is 18.3 Å². The number of carboxylic acid groups (broad SMARTS) is 1. The van der Waals surface area contributed by atoms with Gasteiger partial charge in [-0.3, -0.25) is 14.6 Å². The van der Waals surface area contributed by atoms with Crippen molar-refractivity contribution in [3.63, 3.8) is 0 Å². The van der Waals surface area contributed by atoms with E-state index in [1.54, 1.807) is 11.3 Å². The zero-order valence-corrected chi connectivity index (χ0v) is 19.2. The van der Waals surface area contributed by atoms with E-state index in [4.69, 9.17) is 9.90 Å². The van der Waals surface area contributed by atoms with E-state index in [1.807, 2.05) is 22.1 Å². The lowest BCUT2D eigenvalue weighted by atomic mass is 10.1. The van der Waals surface area contributed by atoms with Gasteiger partial charge in [0.25, 0.3) is 5.91 Å². The molecule has 2 aliphatic rings. The van der Waals surface area contributed by atoms with Crippen LogP contribution >= 0.6 is 11.3 Å². The van der Waals surface area contributed by atoms with Gasteiger partial charge in [-0.1, -0.05) is 19.9 Å². The van der Waals surface area contributed by atoms with Crippen molar-refractivity contribution in [2.45, 2.75) is 39.2 Å². The summed E-state index contributed by atoms with van der Waals surface area (Å²) in [5.74, 6) is -0.863. The molecular weight excluding hydrogens is 461 g/mol. The van der Waals surface area contributed by atoms with Gasteiger partial charge in [0.05, 0.1) is 12.6 Å². The third kappa shape index (κ3) is 6.51. The van der Waals surface area contributed by atoms with E-state index < -0.39 is 12.1 Å². The molecule has 1 saturated heterocycles. The monoisotopic (exact) mass is 488 g/mol. The molecule has 0 radical (unpaired) electrons. The molecule has 0 spiro atoms. The van der Waals surface area contributed by atoms with Crippen LogP contribution in [0.25, 0.3) is 0 Å². The summed E-state index contributed by atoms with van der Waals surface area (Å²) in [6.45, 7) is 11.0. The Kier molecular flexibility index (Phi) is 8.08. The van der Waals surface area contributed by atoms with Gasteiger partial charge in [-0.05, 0) is 17.4 Å². The lowest BCUT2D eigenvalue weighted by Gasteiger charge is -2.43. The summed E-state index contributed by atoms with van der Waals surface area (Å²) in [6, 6.07) is 4.25. The molecular formula is C20H27F3N6O3S. The predicted molar refractivity (Wildman–Crippen MR) is 115 cm³/mol. The number of carbonyl (C=O) groups is 2. The van der Waals surface area contributed by atoms with Gasteiger partial charge in [0.2, 0.25) is 5.82 Å². The van der Waals surface area contributed by atoms with E-state index in [1.165, 1.54) is 0 Å². The number of aliphatic carboxylic acids is 1. The van der Waals surface area contributed by atoms with Crippen molar-refractivity contribution in [1.29, 1.82) is 0 Å². The third-order valence-electron chi connectivity index (χ3n) is 5.34. The molecule has 1 atom stereocenters. The summed E-state index contributed by atoms with van der Waals surface area (Å²) in [4.78, 5) is 27.6. The summed E-state index contributed by atoms with van der Waals surface area (Å²) >= 11 is 1.64. The average Bonchev–Trinajstić information content (AvgIpc) is 3.41.